The Balaban J connectivity index is 1.66. The van der Waals surface area contributed by atoms with Crippen LogP contribution >= 0.6 is 11.3 Å². The summed E-state index contributed by atoms with van der Waals surface area (Å²) >= 11 is 1.60. The monoisotopic (exact) mass is 459 g/mol. The van der Waals surface area contributed by atoms with Gasteiger partial charge in [-0.3, -0.25) is 14.5 Å². The highest BCUT2D eigenvalue weighted by Gasteiger charge is 2.42. The van der Waals surface area contributed by atoms with Crippen LogP contribution in [0.5, 0.6) is 11.5 Å². The van der Waals surface area contributed by atoms with E-state index < -0.39 is 0 Å². The molecule has 0 fully saturated rings. The number of Topliss-reactive ketones (excluding diaryl/α,β-unsaturated/α-hetero) is 1. The molecule has 0 N–H and O–H groups in total. The summed E-state index contributed by atoms with van der Waals surface area (Å²) in [7, 11) is 3.17. The fourth-order valence-corrected chi connectivity index (χ4v) is 5.79. The SMILES string of the molecule is COc1cc(OC)cc(N2C(=O)CC(c3cccs3)C3=C2CC(c2ccccc2)CC3=O)c1. The Bertz CT molecular complexity index is 1190. The Morgan fingerprint density at radius 3 is 2.24 bits per heavy atom. The van der Waals surface area contributed by atoms with E-state index in [-0.39, 0.29) is 29.9 Å². The number of ketones is 1. The molecule has 2 aromatic carbocycles. The third kappa shape index (κ3) is 3.95. The van der Waals surface area contributed by atoms with Gasteiger partial charge in [0.25, 0.3) is 0 Å². The molecule has 168 valence electrons. The van der Waals surface area contributed by atoms with Crippen LogP contribution in [0.4, 0.5) is 5.69 Å². The molecular formula is C27H25NO4S. The first-order valence-corrected chi connectivity index (χ1v) is 11.9. The van der Waals surface area contributed by atoms with E-state index in [2.05, 4.69) is 12.1 Å². The van der Waals surface area contributed by atoms with E-state index in [1.54, 1.807) is 36.5 Å². The molecule has 0 saturated heterocycles. The number of nitrogens with zero attached hydrogens (tertiary/aromatic N) is 1. The molecular weight excluding hydrogens is 434 g/mol. The summed E-state index contributed by atoms with van der Waals surface area (Å²) in [5.41, 5.74) is 3.34. The van der Waals surface area contributed by atoms with Crippen LogP contribution in [-0.4, -0.2) is 25.9 Å². The van der Waals surface area contributed by atoms with Crippen LogP contribution in [0.25, 0.3) is 0 Å². The maximum atomic E-state index is 13.6. The molecule has 1 aromatic heterocycles. The van der Waals surface area contributed by atoms with E-state index in [1.807, 2.05) is 47.8 Å². The molecule has 2 unspecified atom stereocenters. The maximum absolute atomic E-state index is 13.6. The smallest absolute Gasteiger partial charge is 0.232 e. The Hall–Kier alpha value is -3.38. The summed E-state index contributed by atoms with van der Waals surface area (Å²) in [5, 5.41) is 2.00. The van der Waals surface area contributed by atoms with Gasteiger partial charge in [-0.15, -0.1) is 11.3 Å². The fourth-order valence-electron chi connectivity index (χ4n) is 4.95. The molecule has 2 heterocycles. The summed E-state index contributed by atoms with van der Waals surface area (Å²) in [5.74, 6) is 1.13. The predicted octanol–water partition coefficient (Wildman–Crippen LogP) is 5.69. The van der Waals surface area contributed by atoms with Crippen molar-refractivity contribution in [3.63, 3.8) is 0 Å². The molecule has 3 aromatic rings. The van der Waals surface area contributed by atoms with Crippen LogP contribution in [-0.2, 0) is 9.59 Å². The number of anilines is 1. The van der Waals surface area contributed by atoms with Gasteiger partial charge in [0, 0.05) is 53.1 Å². The average Bonchev–Trinajstić information content (AvgIpc) is 3.38. The summed E-state index contributed by atoms with van der Waals surface area (Å²) < 4.78 is 10.9. The number of allylic oxidation sites excluding steroid dienone is 2. The van der Waals surface area contributed by atoms with Gasteiger partial charge in [-0.1, -0.05) is 36.4 Å². The predicted molar refractivity (Wildman–Crippen MR) is 129 cm³/mol. The van der Waals surface area contributed by atoms with Gasteiger partial charge in [-0.25, -0.2) is 0 Å². The van der Waals surface area contributed by atoms with Crippen molar-refractivity contribution in [1.82, 2.24) is 0 Å². The highest BCUT2D eigenvalue weighted by Crippen LogP contribution is 2.48. The normalized spacial score (nSPS) is 20.6. The minimum absolute atomic E-state index is 0.0241. The number of thiophene rings is 1. The number of carbonyl (C=O) groups excluding carboxylic acids is 2. The molecule has 1 aliphatic heterocycles. The molecule has 0 saturated carbocycles. The minimum atomic E-state index is -0.194. The Morgan fingerprint density at radius 1 is 0.879 bits per heavy atom. The van der Waals surface area contributed by atoms with Crippen molar-refractivity contribution in [1.29, 1.82) is 0 Å². The van der Waals surface area contributed by atoms with Gasteiger partial charge < -0.3 is 9.47 Å². The number of rotatable bonds is 5. The van der Waals surface area contributed by atoms with Gasteiger partial charge in [0.2, 0.25) is 5.91 Å². The molecule has 33 heavy (non-hydrogen) atoms. The number of methoxy groups -OCH3 is 2. The van der Waals surface area contributed by atoms with Gasteiger partial charge in [0.15, 0.2) is 5.78 Å². The molecule has 0 radical (unpaired) electrons. The van der Waals surface area contributed by atoms with Gasteiger partial charge in [-0.05, 0) is 29.3 Å². The lowest BCUT2D eigenvalue weighted by molar-refractivity contribution is -0.120. The van der Waals surface area contributed by atoms with Crippen molar-refractivity contribution in [3.05, 3.63) is 87.8 Å². The van der Waals surface area contributed by atoms with E-state index in [9.17, 15) is 9.59 Å². The molecule has 1 amide bonds. The molecule has 5 rings (SSSR count). The first kappa shape index (κ1) is 21.5. The standard InChI is InChI=1S/C27H25NO4S/c1-31-20-13-19(14-21(15-20)32-2)28-23-11-18(17-7-4-3-5-8-17)12-24(29)27(23)22(16-26(28)30)25-9-6-10-33-25/h3-10,13-15,18,22H,11-12,16H2,1-2H3. The Kier molecular flexibility index (Phi) is 5.77. The van der Waals surface area contributed by atoms with Gasteiger partial charge in [-0.2, -0.15) is 0 Å². The largest absolute Gasteiger partial charge is 0.497 e. The van der Waals surface area contributed by atoms with Crippen LogP contribution in [0.3, 0.4) is 0 Å². The van der Waals surface area contributed by atoms with Gasteiger partial charge in [0.05, 0.1) is 19.9 Å². The van der Waals surface area contributed by atoms with Crippen molar-refractivity contribution < 1.29 is 19.1 Å². The Morgan fingerprint density at radius 2 is 1.61 bits per heavy atom. The van der Waals surface area contributed by atoms with E-state index in [0.29, 0.717) is 30.0 Å². The van der Waals surface area contributed by atoms with Gasteiger partial charge in [0.1, 0.15) is 11.5 Å². The number of hydrogen-bond donors (Lipinski definition) is 0. The van der Waals surface area contributed by atoms with Crippen LogP contribution in [0.2, 0.25) is 0 Å². The fraction of sp³-hybridized carbons (Fsp3) is 0.259. The van der Waals surface area contributed by atoms with E-state index in [1.165, 1.54) is 0 Å². The number of ether oxygens (including phenoxy) is 2. The highest BCUT2D eigenvalue weighted by atomic mass is 32.1. The topological polar surface area (TPSA) is 55.8 Å². The molecule has 5 nitrogen and oxygen atoms in total. The second-order valence-corrected chi connectivity index (χ2v) is 9.35. The lowest BCUT2D eigenvalue weighted by atomic mass is 9.74. The molecule has 0 bridgehead atoms. The zero-order valence-corrected chi connectivity index (χ0v) is 19.4. The number of carbonyl (C=O) groups is 2. The van der Waals surface area contributed by atoms with Crippen LogP contribution in [0.15, 0.2) is 77.3 Å². The molecule has 2 atom stereocenters. The van der Waals surface area contributed by atoms with Gasteiger partial charge >= 0.3 is 0 Å². The second-order valence-electron chi connectivity index (χ2n) is 8.37. The van der Waals surface area contributed by atoms with Crippen molar-refractivity contribution in [3.8, 4) is 11.5 Å². The maximum Gasteiger partial charge on any atom is 0.232 e. The summed E-state index contributed by atoms with van der Waals surface area (Å²) in [6, 6.07) is 19.5. The molecule has 0 spiro atoms. The first-order chi connectivity index (χ1) is 16.1. The molecule has 1 aliphatic carbocycles. The zero-order valence-electron chi connectivity index (χ0n) is 18.6. The number of benzene rings is 2. The molecule has 6 heteroatoms. The third-order valence-electron chi connectivity index (χ3n) is 6.48. The first-order valence-electron chi connectivity index (χ1n) is 11.0. The van der Waals surface area contributed by atoms with Crippen molar-refractivity contribution in [2.24, 2.45) is 0 Å². The van der Waals surface area contributed by atoms with E-state index >= 15 is 0 Å². The third-order valence-corrected chi connectivity index (χ3v) is 7.47. The van der Waals surface area contributed by atoms with Crippen molar-refractivity contribution >= 4 is 28.7 Å². The average molecular weight is 460 g/mol. The number of hydrogen-bond acceptors (Lipinski definition) is 5. The molecule has 2 aliphatic rings. The quantitative estimate of drug-likeness (QED) is 0.492. The highest BCUT2D eigenvalue weighted by molar-refractivity contribution is 7.10. The number of amides is 1. The zero-order chi connectivity index (χ0) is 22.9. The van der Waals surface area contributed by atoms with Crippen molar-refractivity contribution in [2.45, 2.75) is 31.1 Å². The minimum Gasteiger partial charge on any atom is -0.497 e. The Labute approximate surface area is 197 Å². The lowest BCUT2D eigenvalue weighted by Crippen LogP contribution is -2.41. The summed E-state index contributed by atoms with van der Waals surface area (Å²) in [6.45, 7) is 0. The second kappa shape index (κ2) is 8.87. The van der Waals surface area contributed by atoms with Crippen molar-refractivity contribution in [2.75, 3.05) is 19.1 Å². The van der Waals surface area contributed by atoms with Crippen LogP contribution in [0.1, 0.15) is 41.5 Å². The summed E-state index contributed by atoms with van der Waals surface area (Å²) in [4.78, 5) is 30.0. The summed E-state index contributed by atoms with van der Waals surface area (Å²) in [6.07, 6.45) is 1.34. The van der Waals surface area contributed by atoms with E-state index in [0.717, 1.165) is 21.7 Å². The van der Waals surface area contributed by atoms with Crippen LogP contribution in [0, 0.1) is 0 Å². The van der Waals surface area contributed by atoms with E-state index in [4.69, 9.17) is 9.47 Å². The lowest BCUT2D eigenvalue weighted by Gasteiger charge is -2.40. The van der Waals surface area contributed by atoms with Crippen LogP contribution < -0.4 is 14.4 Å².